The van der Waals surface area contributed by atoms with Gasteiger partial charge in [0.2, 0.25) is 5.91 Å². The van der Waals surface area contributed by atoms with Gasteiger partial charge in [-0.05, 0) is 70.9 Å². The Morgan fingerprint density at radius 3 is 2.67 bits per heavy atom. The Morgan fingerprint density at radius 1 is 1.19 bits per heavy atom. The average Bonchev–Trinajstić information content (AvgIpc) is 3.21. The second-order valence-electron chi connectivity index (χ2n) is 10.4. The largest absolute Gasteiger partial charge is 0.432 e. The minimum atomic E-state index is -0.267. The zero-order valence-electron chi connectivity index (χ0n) is 22.1. The molecule has 1 aliphatic heterocycles. The number of fused-ring (bicyclic) bond motifs is 2. The van der Waals surface area contributed by atoms with Crippen LogP contribution in [0, 0.1) is 0 Å². The Bertz CT molecular complexity index is 1090. The molecule has 4 rings (SSSR count). The number of para-hydroxylation sites is 1. The fraction of sp³-hybridized carbons (Fsp3) is 0.607. The lowest BCUT2D eigenvalue weighted by molar-refractivity contribution is -0.765. The highest BCUT2D eigenvalue weighted by atomic mass is 32.2. The van der Waals surface area contributed by atoms with E-state index in [1.807, 2.05) is 11.8 Å². The molecule has 1 saturated heterocycles. The third-order valence-electron chi connectivity index (χ3n) is 7.83. The maximum absolute atomic E-state index is 13.6. The molecular weight excluding hydrogens is 470 g/mol. The van der Waals surface area contributed by atoms with Crippen LogP contribution in [-0.4, -0.2) is 56.8 Å². The number of nitrogens with two attached hydrogens (primary N) is 1. The van der Waals surface area contributed by atoms with Crippen LogP contribution in [0.25, 0.3) is 10.9 Å². The van der Waals surface area contributed by atoms with E-state index < -0.39 is 0 Å². The fourth-order valence-electron chi connectivity index (χ4n) is 5.94. The van der Waals surface area contributed by atoms with Crippen LogP contribution in [0.2, 0.25) is 0 Å². The number of primary amides is 1. The lowest BCUT2D eigenvalue weighted by atomic mass is 9.92. The number of benzene rings is 1. The summed E-state index contributed by atoms with van der Waals surface area (Å²) in [7, 11) is 0. The van der Waals surface area contributed by atoms with Gasteiger partial charge in [-0.1, -0.05) is 18.2 Å². The van der Waals surface area contributed by atoms with Gasteiger partial charge in [-0.2, -0.15) is 3.89 Å². The number of aromatic nitrogens is 1. The minimum Gasteiger partial charge on any atom is -0.384 e. The summed E-state index contributed by atoms with van der Waals surface area (Å²) in [5.74, 6) is 0.462. The third-order valence-corrected chi connectivity index (χ3v) is 9.56. The van der Waals surface area contributed by atoms with Crippen molar-refractivity contribution in [2.45, 2.75) is 90.6 Å². The maximum Gasteiger partial charge on any atom is 0.432 e. The SMILES string of the molecule is CCN1CS[N+](C(C)C)(C(CCCNc2c3c(nc4ccccc24)CCCC3)CCCC(N)=O)C1=O. The molecule has 1 aromatic carbocycles. The molecule has 3 N–H and O–H groups in total. The van der Waals surface area contributed by atoms with Gasteiger partial charge in [0, 0.05) is 49.1 Å². The predicted octanol–water partition coefficient (Wildman–Crippen LogP) is 5.62. The number of amides is 3. The van der Waals surface area contributed by atoms with Gasteiger partial charge >= 0.3 is 6.03 Å². The van der Waals surface area contributed by atoms with Crippen LogP contribution in [0.1, 0.15) is 77.0 Å². The summed E-state index contributed by atoms with van der Waals surface area (Å²) < 4.78 is 0.417. The number of hydrogen-bond donors (Lipinski definition) is 2. The first-order valence-electron chi connectivity index (χ1n) is 13.6. The van der Waals surface area contributed by atoms with Crippen molar-refractivity contribution in [1.82, 2.24) is 9.88 Å². The first-order chi connectivity index (χ1) is 17.4. The molecule has 2 unspecified atom stereocenters. The zero-order valence-corrected chi connectivity index (χ0v) is 22.9. The molecule has 0 saturated carbocycles. The number of nitrogens with one attached hydrogen (secondary N) is 1. The van der Waals surface area contributed by atoms with Crippen LogP contribution in [-0.2, 0) is 17.6 Å². The van der Waals surface area contributed by atoms with Crippen molar-refractivity contribution >= 4 is 40.5 Å². The topological polar surface area (TPSA) is 88.3 Å². The van der Waals surface area contributed by atoms with Gasteiger partial charge < -0.3 is 11.1 Å². The van der Waals surface area contributed by atoms with Crippen molar-refractivity contribution in [2.24, 2.45) is 5.73 Å². The van der Waals surface area contributed by atoms with Crippen LogP contribution in [0.3, 0.4) is 0 Å². The number of hydrogen-bond acceptors (Lipinski definition) is 5. The van der Waals surface area contributed by atoms with E-state index in [2.05, 4.69) is 43.4 Å². The number of nitrogens with zero attached hydrogens (tertiary/aromatic N) is 3. The fourth-order valence-corrected chi connectivity index (χ4v) is 7.51. The summed E-state index contributed by atoms with van der Waals surface area (Å²) in [6, 6.07) is 8.96. The Balaban J connectivity index is 1.51. The molecule has 0 bridgehead atoms. The summed E-state index contributed by atoms with van der Waals surface area (Å²) in [4.78, 5) is 31.9. The predicted molar refractivity (Wildman–Crippen MR) is 149 cm³/mol. The van der Waals surface area contributed by atoms with Gasteiger partial charge in [-0.25, -0.2) is 4.79 Å². The molecule has 2 aliphatic rings. The van der Waals surface area contributed by atoms with Gasteiger partial charge in [-0.3, -0.25) is 14.7 Å². The van der Waals surface area contributed by atoms with Crippen molar-refractivity contribution in [3.8, 4) is 0 Å². The van der Waals surface area contributed by atoms with Crippen molar-refractivity contribution in [1.29, 1.82) is 0 Å². The monoisotopic (exact) mass is 512 g/mol. The van der Waals surface area contributed by atoms with Crippen LogP contribution < -0.4 is 11.1 Å². The molecule has 1 aliphatic carbocycles. The van der Waals surface area contributed by atoms with E-state index >= 15 is 0 Å². The normalized spacial score (nSPS) is 20.7. The summed E-state index contributed by atoms with van der Waals surface area (Å²) in [6.07, 6.45) is 8.36. The Hall–Kier alpha value is -2.32. The third kappa shape index (κ3) is 5.35. The van der Waals surface area contributed by atoms with Crippen molar-refractivity contribution in [3.05, 3.63) is 35.5 Å². The summed E-state index contributed by atoms with van der Waals surface area (Å²) in [5.41, 5.74) is 10.4. The smallest absolute Gasteiger partial charge is 0.384 e. The molecule has 196 valence electrons. The molecule has 36 heavy (non-hydrogen) atoms. The van der Waals surface area contributed by atoms with Gasteiger partial charge in [0.15, 0.2) is 0 Å². The zero-order chi connectivity index (χ0) is 25.7. The average molecular weight is 513 g/mol. The van der Waals surface area contributed by atoms with Gasteiger partial charge in [0.05, 0.1) is 5.52 Å². The molecule has 1 aromatic heterocycles. The Morgan fingerprint density at radius 2 is 1.94 bits per heavy atom. The van der Waals surface area contributed by atoms with Crippen LogP contribution in [0.4, 0.5) is 10.5 Å². The highest BCUT2D eigenvalue weighted by Gasteiger charge is 2.55. The quantitative estimate of drug-likeness (QED) is 0.219. The summed E-state index contributed by atoms with van der Waals surface area (Å²) in [6.45, 7) is 7.93. The van der Waals surface area contributed by atoms with E-state index in [1.165, 1.54) is 35.2 Å². The van der Waals surface area contributed by atoms with Crippen LogP contribution in [0.5, 0.6) is 0 Å². The number of carbonyl (C=O) groups excluding carboxylic acids is 2. The molecule has 0 radical (unpaired) electrons. The number of aryl methyl sites for hydroxylation is 1. The van der Waals surface area contributed by atoms with Crippen molar-refractivity contribution in [2.75, 3.05) is 24.3 Å². The van der Waals surface area contributed by atoms with E-state index in [1.54, 1.807) is 11.9 Å². The second kappa shape index (κ2) is 11.8. The standard InChI is InChI=1S/C28H41N5O2S/c1-4-32-19-36-33(20(2)3,28(32)35)21(11-9-17-26(29)34)12-10-18-30-27-22-13-5-7-15-24(22)31-25-16-8-6-14-23(25)27/h5,7,13,15,20-21H,4,6,8-12,14,16-19H2,1-3H3,(H2-,29,30,31,34)/p+1. The molecular formula is C28H42N5O2S+. The van der Waals surface area contributed by atoms with Crippen LogP contribution in [0.15, 0.2) is 24.3 Å². The highest BCUT2D eigenvalue weighted by Crippen LogP contribution is 2.43. The van der Waals surface area contributed by atoms with Crippen LogP contribution >= 0.6 is 11.9 Å². The number of urea groups is 1. The van der Waals surface area contributed by atoms with E-state index in [0.717, 1.165) is 63.0 Å². The van der Waals surface area contributed by atoms with Gasteiger partial charge in [0.25, 0.3) is 0 Å². The highest BCUT2D eigenvalue weighted by molar-refractivity contribution is 7.94. The molecule has 3 amide bonds. The minimum absolute atomic E-state index is 0.156. The van der Waals surface area contributed by atoms with Crippen molar-refractivity contribution in [3.63, 3.8) is 0 Å². The molecule has 0 spiro atoms. The van der Waals surface area contributed by atoms with Gasteiger partial charge in [0.1, 0.15) is 29.9 Å². The Labute approximate surface area is 219 Å². The molecule has 8 heteroatoms. The molecule has 2 heterocycles. The van der Waals surface area contributed by atoms with Gasteiger partial charge in [-0.15, -0.1) is 0 Å². The Kier molecular flexibility index (Phi) is 8.78. The molecule has 2 atom stereocenters. The first-order valence-corrected chi connectivity index (χ1v) is 14.6. The van der Waals surface area contributed by atoms with E-state index in [0.29, 0.717) is 10.3 Å². The second-order valence-corrected chi connectivity index (χ2v) is 11.5. The number of carbonyl (C=O) groups is 2. The van der Waals surface area contributed by atoms with Crippen molar-refractivity contribution < 1.29 is 13.5 Å². The first kappa shape index (κ1) is 26.7. The summed E-state index contributed by atoms with van der Waals surface area (Å²) >= 11 is 1.75. The van der Waals surface area contributed by atoms with E-state index in [4.69, 9.17) is 10.7 Å². The molecule has 2 aromatic rings. The van der Waals surface area contributed by atoms with E-state index in [-0.39, 0.29) is 24.0 Å². The molecule has 1 fully saturated rings. The molecule has 7 nitrogen and oxygen atoms in total. The number of pyridine rings is 1. The van der Waals surface area contributed by atoms with E-state index in [9.17, 15) is 9.59 Å². The lowest BCUT2D eigenvalue weighted by Gasteiger charge is -2.39. The number of quaternary nitrogens is 1. The summed E-state index contributed by atoms with van der Waals surface area (Å²) in [5, 5.41) is 4.99. The number of rotatable bonds is 12. The maximum atomic E-state index is 13.6. The number of anilines is 1. The lowest BCUT2D eigenvalue weighted by Crippen LogP contribution is -2.57.